The van der Waals surface area contributed by atoms with Crippen molar-refractivity contribution in [2.24, 2.45) is 5.73 Å². The molecular formula is C9H10FNO. The van der Waals surface area contributed by atoms with Gasteiger partial charge in [0.25, 0.3) is 0 Å². The molecule has 0 aromatic heterocycles. The second kappa shape index (κ2) is 2.54. The molecule has 0 bridgehead atoms. The zero-order chi connectivity index (χ0) is 8.72. The van der Waals surface area contributed by atoms with E-state index in [0.29, 0.717) is 12.0 Å². The SMILES string of the molecule is N[C@H]1c2cccc(F)c2C[C@H]1O. The highest BCUT2D eigenvalue weighted by atomic mass is 19.1. The van der Waals surface area contributed by atoms with Crippen molar-refractivity contribution in [2.45, 2.75) is 18.6 Å². The van der Waals surface area contributed by atoms with Crippen LogP contribution in [-0.4, -0.2) is 11.2 Å². The molecule has 0 saturated carbocycles. The molecule has 0 heterocycles. The molecule has 1 aromatic rings. The molecule has 1 aliphatic rings. The van der Waals surface area contributed by atoms with Gasteiger partial charge in [0.1, 0.15) is 5.82 Å². The van der Waals surface area contributed by atoms with Gasteiger partial charge >= 0.3 is 0 Å². The van der Waals surface area contributed by atoms with Gasteiger partial charge in [-0.1, -0.05) is 12.1 Å². The number of fused-ring (bicyclic) bond motifs is 1. The molecule has 0 radical (unpaired) electrons. The van der Waals surface area contributed by atoms with E-state index in [-0.39, 0.29) is 5.82 Å². The van der Waals surface area contributed by atoms with Crippen LogP contribution < -0.4 is 5.73 Å². The Bertz CT molecular complexity index is 313. The van der Waals surface area contributed by atoms with Crippen LogP contribution in [0, 0.1) is 5.82 Å². The first kappa shape index (κ1) is 7.71. The molecular weight excluding hydrogens is 157 g/mol. The van der Waals surface area contributed by atoms with E-state index in [1.807, 2.05) is 0 Å². The lowest BCUT2D eigenvalue weighted by molar-refractivity contribution is 0.158. The normalized spacial score (nSPS) is 27.2. The summed E-state index contributed by atoms with van der Waals surface area (Å²) in [4.78, 5) is 0. The molecule has 3 N–H and O–H groups in total. The van der Waals surface area contributed by atoms with Crippen molar-refractivity contribution < 1.29 is 9.50 Å². The fourth-order valence-corrected chi connectivity index (χ4v) is 1.65. The van der Waals surface area contributed by atoms with E-state index in [9.17, 15) is 9.50 Å². The van der Waals surface area contributed by atoms with Gasteiger partial charge in [0, 0.05) is 6.42 Å². The summed E-state index contributed by atoms with van der Waals surface area (Å²) < 4.78 is 13.1. The average molecular weight is 167 g/mol. The monoisotopic (exact) mass is 167 g/mol. The Kier molecular flexibility index (Phi) is 1.63. The van der Waals surface area contributed by atoms with Gasteiger partial charge in [0.05, 0.1) is 12.1 Å². The maximum atomic E-state index is 13.1. The van der Waals surface area contributed by atoms with Crippen LogP contribution >= 0.6 is 0 Å². The summed E-state index contributed by atoms with van der Waals surface area (Å²) in [5.74, 6) is -0.264. The predicted molar refractivity (Wildman–Crippen MR) is 43.0 cm³/mol. The standard InChI is InChI=1S/C9H10FNO/c10-7-3-1-2-5-6(7)4-8(12)9(5)11/h1-3,8-9,12H,4,11H2/t8-,9+/m1/s1. The van der Waals surface area contributed by atoms with Gasteiger partial charge in [-0.05, 0) is 17.2 Å². The number of aliphatic hydroxyl groups excluding tert-OH is 1. The molecule has 64 valence electrons. The molecule has 0 spiro atoms. The third-order valence-electron chi connectivity index (χ3n) is 2.34. The largest absolute Gasteiger partial charge is 0.391 e. The Morgan fingerprint density at radius 1 is 1.50 bits per heavy atom. The summed E-state index contributed by atoms with van der Waals surface area (Å²) in [6.07, 6.45) is -0.291. The molecule has 1 aliphatic carbocycles. The zero-order valence-corrected chi connectivity index (χ0v) is 6.50. The van der Waals surface area contributed by atoms with Gasteiger partial charge in [-0.2, -0.15) is 0 Å². The molecule has 0 amide bonds. The van der Waals surface area contributed by atoms with Crippen LogP contribution in [-0.2, 0) is 6.42 Å². The van der Waals surface area contributed by atoms with Gasteiger partial charge in [-0.3, -0.25) is 0 Å². The van der Waals surface area contributed by atoms with Crippen molar-refractivity contribution >= 4 is 0 Å². The summed E-state index contributed by atoms with van der Waals surface area (Å²) in [7, 11) is 0. The first-order chi connectivity index (χ1) is 5.70. The lowest BCUT2D eigenvalue weighted by Crippen LogP contribution is -2.21. The van der Waals surface area contributed by atoms with Crippen molar-refractivity contribution in [3.05, 3.63) is 35.1 Å². The van der Waals surface area contributed by atoms with Crippen LogP contribution in [0.2, 0.25) is 0 Å². The number of hydrogen-bond donors (Lipinski definition) is 2. The van der Waals surface area contributed by atoms with Gasteiger partial charge in [-0.25, -0.2) is 4.39 Å². The third kappa shape index (κ3) is 0.940. The van der Waals surface area contributed by atoms with E-state index >= 15 is 0 Å². The fraction of sp³-hybridized carbons (Fsp3) is 0.333. The van der Waals surface area contributed by atoms with Crippen LogP contribution in [0.5, 0.6) is 0 Å². The lowest BCUT2D eigenvalue weighted by atomic mass is 10.1. The summed E-state index contributed by atoms with van der Waals surface area (Å²) >= 11 is 0. The van der Waals surface area contributed by atoms with Crippen molar-refractivity contribution in [1.29, 1.82) is 0 Å². The van der Waals surface area contributed by atoms with Crippen LogP contribution in [0.1, 0.15) is 17.2 Å². The fourth-order valence-electron chi connectivity index (χ4n) is 1.65. The predicted octanol–water partition coefficient (Wildman–Crippen LogP) is 0.743. The molecule has 2 atom stereocenters. The molecule has 12 heavy (non-hydrogen) atoms. The molecule has 0 saturated heterocycles. The van der Waals surface area contributed by atoms with E-state index in [4.69, 9.17) is 5.73 Å². The molecule has 3 heteroatoms. The maximum Gasteiger partial charge on any atom is 0.126 e. The van der Waals surface area contributed by atoms with Crippen molar-refractivity contribution in [3.8, 4) is 0 Å². The van der Waals surface area contributed by atoms with Gasteiger partial charge < -0.3 is 10.8 Å². The Hall–Kier alpha value is -0.930. The summed E-state index contributed by atoms with van der Waals surface area (Å²) in [5.41, 5.74) is 6.95. The molecule has 2 rings (SSSR count). The lowest BCUT2D eigenvalue weighted by Gasteiger charge is -2.07. The van der Waals surface area contributed by atoms with Gasteiger partial charge in [0.15, 0.2) is 0 Å². The Morgan fingerprint density at radius 3 is 2.92 bits per heavy atom. The third-order valence-corrected chi connectivity index (χ3v) is 2.34. The van der Waals surface area contributed by atoms with Crippen LogP contribution in [0.15, 0.2) is 18.2 Å². The minimum Gasteiger partial charge on any atom is -0.391 e. The second-order valence-electron chi connectivity index (χ2n) is 3.10. The number of nitrogens with two attached hydrogens (primary N) is 1. The first-order valence-corrected chi connectivity index (χ1v) is 3.91. The smallest absolute Gasteiger partial charge is 0.126 e. The van der Waals surface area contributed by atoms with Crippen molar-refractivity contribution in [2.75, 3.05) is 0 Å². The Labute approximate surface area is 69.8 Å². The number of hydrogen-bond acceptors (Lipinski definition) is 2. The number of aliphatic hydroxyl groups is 1. The Balaban J connectivity index is 2.53. The van der Waals surface area contributed by atoms with E-state index in [0.717, 1.165) is 5.56 Å². The van der Waals surface area contributed by atoms with Crippen LogP contribution in [0.25, 0.3) is 0 Å². The number of halogens is 1. The van der Waals surface area contributed by atoms with Crippen molar-refractivity contribution in [1.82, 2.24) is 0 Å². The van der Waals surface area contributed by atoms with Crippen LogP contribution in [0.4, 0.5) is 4.39 Å². The summed E-state index contributed by atoms with van der Waals surface area (Å²) in [5, 5.41) is 9.35. The van der Waals surface area contributed by atoms with E-state index < -0.39 is 12.1 Å². The molecule has 0 unspecified atom stereocenters. The van der Waals surface area contributed by atoms with Gasteiger partial charge in [-0.15, -0.1) is 0 Å². The van der Waals surface area contributed by atoms with E-state index in [2.05, 4.69) is 0 Å². The van der Waals surface area contributed by atoms with E-state index in [1.165, 1.54) is 6.07 Å². The number of benzene rings is 1. The topological polar surface area (TPSA) is 46.2 Å². The average Bonchev–Trinajstić information content (AvgIpc) is 2.32. The zero-order valence-electron chi connectivity index (χ0n) is 6.50. The summed E-state index contributed by atoms with van der Waals surface area (Å²) in [6.45, 7) is 0. The highest BCUT2D eigenvalue weighted by molar-refractivity contribution is 5.37. The minimum absolute atomic E-state index is 0.264. The highest BCUT2D eigenvalue weighted by Crippen LogP contribution is 2.30. The van der Waals surface area contributed by atoms with Crippen LogP contribution in [0.3, 0.4) is 0 Å². The first-order valence-electron chi connectivity index (χ1n) is 3.91. The molecule has 0 fully saturated rings. The summed E-state index contributed by atoms with van der Waals surface area (Å²) in [6, 6.07) is 4.35. The molecule has 1 aromatic carbocycles. The molecule has 0 aliphatic heterocycles. The van der Waals surface area contributed by atoms with Crippen molar-refractivity contribution in [3.63, 3.8) is 0 Å². The highest BCUT2D eigenvalue weighted by Gasteiger charge is 2.29. The second-order valence-corrected chi connectivity index (χ2v) is 3.10. The maximum absolute atomic E-state index is 13.1. The molecule has 2 nitrogen and oxygen atoms in total. The Morgan fingerprint density at radius 2 is 2.25 bits per heavy atom. The van der Waals surface area contributed by atoms with E-state index in [1.54, 1.807) is 12.1 Å². The minimum atomic E-state index is -0.628. The quantitative estimate of drug-likeness (QED) is 0.598. The number of rotatable bonds is 0. The van der Waals surface area contributed by atoms with Gasteiger partial charge in [0.2, 0.25) is 0 Å².